The Morgan fingerprint density at radius 2 is 1.58 bits per heavy atom. The summed E-state index contributed by atoms with van der Waals surface area (Å²) >= 11 is 5.64. The lowest BCUT2D eigenvalue weighted by Gasteiger charge is -2.35. The van der Waals surface area contributed by atoms with Gasteiger partial charge in [-0.15, -0.1) is 0 Å². The van der Waals surface area contributed by atoms with Crippen molar-refractivity contribution in [1.82, 2.24) is 15.1 Å². The van der Waals surface area contributed by atoms with Crippen LogP contribution in [-0.2, 0) is 0 Å². The predicted molar refractivity (Wildman–Crippen MR) is 109 cm³/mol. The van der Waals surface area contributed by atoms with Crippen molar-refractivity contribution in [2.45, 2.75) is 12.5 Å². The van der Waals surface area contributed by atoms with Crippen LogP contribution in [0.2, 0.25) is 0 Å². The highest BCUT2D eigenvalue weighted by molar-refractivity contribution is 7.80. The summed E-state index contributed by atoms with van der Waals surface area (Å²) in [5.74, 6) is 0.119. The van der Waals surface area contributed by atoms with Crippen LogP contribution in [0.15, 0.2) is 60.7 Å². The molecule has 0 unspecified atom stereocenters. The van der Waals surface area contributed by atoms with E-state index < -0.39 is 0 Å². The minimum Gasteiger partial charge on any atom is -0.355 e. The number of piperazine rings is 1. The van der Waals surface area contributed by atoms with Crippen molar-refractivity contribution in [2.24, 2.45) is 0 Å². The van der Waals surface area contributed by atoms with Gasteiger partial charge in [0.2, 0.25) is 0 Å². The Labute approximate surface area is 160 Å². The highest BCUT2D eigenvalue weighted by Crippen LogP contribution is 2.20. The van der Waals surface area contributed by atoms with Crippen LogP contribution in [0, 0.1) is 0 Å². The lowest BCUT2D eigenvalue weighted by atomic mass is 9.98. The number of ketones is 1. The molecule has 5 heteroatoms. The van der Waals surface area contributed by atoms with Gasteiger partial charge in [0.15, 0.2) is 10.9 Å². The van der Waals surface area contributed by atoms with Crippen molar-refractivity contribution in [3.8, 4) is 0 Å². The Morgan fingerprint density at radius 3 is 2.19 bits per heavy atom. The highest BCUT2D eigenvalue weighted by atomic mass is 32.1. The van der Waals surface area contributed by atoms with Crippen LogP contribution in [0.5, 0.6) is 0 Å². The van der Waals surface area contributed by atoms with Crippen LogP contribution in [0.3, 0.4) is 0 Å². The molecule has 1 atom stereocenters. The molecule has 1 N–H and O–H groups in total. The Balaban J connectivity index is 1.72. The molecule has 3 rings (SSSR count). The van der Waals surface area contributed by atoms with E-state index in [9.17, 15) is 4.79 Å². The molecule has 1 aliphatic heterocycles. The second-order valence-electron chi connectivity index (χ2n) is 6.70. The first-order valence-corrected chi connectivity index (χ1v) is 9.41. The summed E-state index contributed by atoms with van der Waals surface area (Å²) in [6.07, 6.45) is 0.377. The third-order valence-electron chi connectivity index (χ3n) is 4.78. The van der Waals surface area contributed by atoms with Crippen LogP contribution in [0.25, 0.3) is 0 Å². The first-order valence-electron chi connectivity index (χ1n) is 9.00. The number of carbonyl (C=O) groups excluding carboxylic acids is 1. The van der Waals surface area contributed by atoms with E-state index in [0.717, 1.165) is 42.4 Å². The summed E-state index contributed by atoms with van der Waals surface area (Å²) in [4.78, 5) is 17.2. The fourth-order valence-corrected chi connectivity index (χ4v) is 3.44. The SMILES string of the molecule is CN1CCN(C(=S)N[C@@H](CC(=O)c2ccccc2)c2ccccc2)CC1. The molecule has 0 bridgehead atoms. The van der Waals surface area contributed by atoms with Crippen molar-refractivity contribution in [2.75, 3.05) is 33.2 Å². The second kappa shape index (κ2) is 8.92. The zero-order valence-electron chi connectivity index (χ0n) is 15.1. The van der Waals surface area contributed by atoms with E-state index in [1.165, 1.54) is 0 Å². The lowest BCUT2D eigenvalue weighted by molar-refractivity contribution is 0.0971. The van der Waals surface area contributed by atoms with Gasteiger partial charge in [0.25, 0.3) is 0 Å². The summed E-state index contributed by atoms with van der Waals surface area (Å²) in [5, 5.41) is 4.17. The van der Waals surface area contributed by atoms with Crippen LogP contribution >= 0.6 is 12.2 Å². The number of thiocarbonyl (C=S) groups is 1. The van der Waals surface area contributed by atoms with E-state index >= 15 is 0 Å². The quantitative estimate of drug-likeness (QED) is 0.649. The summed E-state index contributed by atoms with van der Waals surface area (Å²) in [6.45, 7) is 3.83. The average Bonchev–Trinajstić information content (AvgIpc) is 2.69. The van der Waals surface area contributed by atoms with Crippen LogP contribution in [0.4, 0.5) is 0 Å². The molecule has 2 aromatic carbocycles. The molecule has 0 aromatic heterocycles. The number of hydrogen-bond donors (Lipinski definition) is 1. The highest BCUT2D eigenvalue weighted by Gasteiger charge is 2.22. The van der Waals surface area contributed by atoms with Gasteiger partial charge in [0, 0.05) is 38.2 Å². The normalized spacial score (nSPS) is 16.1. The molecule has 0 aliphatic carbocycles. The van der Waals surface area contributed by atoms with Gasteiger partial charge < -0.3 is 15.1 Å². The number of Topliss-reactive ketones (excluding diaryl/α,β-unsaturated/α-hetero) is 1. The molecular formula is C21H25N3OS. The molecule has 0 saturated carbocycles. The maximum Gasteiger partial charge on any atom is 0.169 e. The standard InChI is InChI=1S/C21H25N3OS/c1-23-12-14-24(15-13-23)21(26)22-19(17-8-4-2-5-9-17)16-20(25)18-10-6-3-7-11-18/h2-11,19H,12-16H2,1H3,(H,22,26)/t19-/m0/s1. The van der Waals surface area contributed by atoms with E-state index in [-0.39, 0.29) is 11.8 Å². The van der Waals surface area contributed by atoms with Crippen molar-refractivity contribution in [3.05, 3.63) is 71.8 Å². The van der Waals surface area contributed by atoms with E-state index in [0.29, 0.717) is 6.42 Å². The zero-order chi connectivity index (χ0) is 18.4. The second-order valence-corrected chi connectivity index (χ2v) is 7.08. The van der Waals surface area contributed by atoms with Gasteiger partial charge in [-0.1, -0.05) is 60.7 Å². The summed E-state index contributed by atoms with van der Waals surface area (Å²) in [6, 6.07) is 19.4. The fraction of sp³-hybridized carbons (Fsp3) is 0.333. The molecule has 0 amide bonds. The van der Waals surface area contributed by atoms with Gasteiger partial charge in [-0.3, -0.25) is 4.79 Å². The van der Waals surface area contributed by atoms with Crippen LogP contribution in [-0.4, -0.2) is 53.9 Å². The number of rotatable bonds is 5. The third kappa shape index (κ3) is 4.90. The van der Waals surface area contributed by atoms with Gasteiger partial charge in [0.05, 0.1) is 6.04 Å². The molecule has 0 radical (unpaired) electrons. The Hall–Kier alpha value is -2.24. The Morgan fingerprint density at radius 1 is 1.00 bits per heavy atom. The maximum atomic E-state index is 12.7. The minimum atomic E-state index is -0.129. The summed E-state index contributed by atoms with van der Waals surface area (Å²) in [5.41, 5.74) is 1.81. The molecule has 1 saturated heterocycles. The van der Waals surface area contributed by atoms with Crippen molar-refractivity contribution < 1.29 is 4.79 Å². The summed E-state index contributed by atoms with van der Waals surface area (Å²) < 4.78 is 0. The molecule has 26 heavy (non-hydrogen) atoms. The first kappa shape index (κ1) is 18.5. The van der Waals surface area contributed by atoms with Gasteiger partial charge in [-0.2, -0.15) is 0 Å². The average molecular weight is 368 g/mol. The smallest absolute Gasteiger partial charge is 0.169 e. The Bertz CT molecular complexity index is 727. The minimum absolute atomic E-state index is 0.119. The monoisotopic (exact) mass is 367 g/mol. The zero-order valence-corrected chi connectivity index (χ0v) is 15.9. The lowest BCUT2D eigenvalue weighted by Crippen LogP contribution is -2.51. The topological polar surface area (TPSA) is 35.6 Å². The Kier molecular flexibility index (Phi) is 6.36. The number of carbonyl (C=O) groups is 1. The maximum absolute atomic E-state index is 12.7. The first-order chi connectivity index (χ1) is 12.6. The number of nitrogens with zero attached hydrogens (tertiary/aromatic N) is 2. The summed E-state index contributed by atoms with van der Waals surface area (Å²) in [7, 11) is 2.12. The van der Waals surface area contributed by atoms with Crippen LogP contribution in [0.1, 0.15) is 28.4 Å². The molecule has 1 heterocycles. The molecule has 1 fully saturated rings. The molecule has 2 aromatic rings. The predicted octanol–water partition coefficient (Wildman–Crippen LogP) is 3.12. The number of likely N-dealkylation sites (N-methyl/N-ethyl adjacent to an activating group) is 1. The molecule has 1 aliphatic rings. The van der Waals surface area contributed by atoms with Gasteiger partial charge in [-0.25, -0.2) is 0 Å². The van der Waals surface area contributed by atoms with Crippen molar-refractivity contribution in [3.63, 3.8) is 0 Å². The van der Waals surface area contributed by atoms with Crippen molar-refractivity contribution >= 4 is 23.1 Å². The number of hydrogen-bond acceptors (Lipinski definition) is 3. The molecule has 0 spiro atoms. The molecule has 4 nitrogen and oxygen atoms in total. The van der Waals surface area contributed by atoms with Crippen molar-refractivity contribution in [1.29, 1.82) is 0 Å². The van der Waals surface area contributed by atoms with Crippen LogP contribution < -0.4 is 5.32 Å². The van der Waals surface area contributed by atoms with E-state index in [1.807, 2.05) is 60.7 Å². The van der Waals surface area contributed by atoms with Gasteiger partial charge >= 0.3 is 0 Å². The number of benzene rings is 2. The van der Waals surface area contributed by atoms with Gasteiger partial charge in [-0.05, 0) is 24.8 Å². The largest absolute Gasteiger partial charge is 0.355 e. The molecule has 136 valence electrons. The van der Waals surface area contributed by atoms with E-state index in [2.05, 4.69) is 22.2 Å². The van der Waals surface area contributed by atoms with E-state index in [4.69, 9.17) is 12.2 Å². The third-order valence-corrected chi connectivity index (χ3v) is 5.15. The number of nitrogens with one attached hydrogen (secondary N) is 1. The van der Waals surface area contributed by atoms with E-state index in [1.54, 1.807) is 0 Å². The van der Waals surface area contributed by atoms with Gasteiger partial charge in [0.1, 0.15) is 0 Å². The molecular weight excluding hydrogens is 342 g/mol. The fourth-order valence-electron chi connectivity index (χ4n) is 3.11.